The predicted molar refractivity (Wildman–Crippen MR) is 107 cm³/mol. The second-order valence-corrected chi connectivity index (χ2v) is 7.39. The molecule has 1 heterocycles. The third kappa shape index (κ3) is 5.88. The van der Waals surface area contributed by atoms with E-state index in [9.17, 15) is 35.1 Å². The van der Waals surface area contributed by atoms with E-state index in [4.69, 9.17) is 9.47 Å². The molecule has 3 rings (SSSR count). The van der Waals surface area contributed by atoms with E-state index in [2.05, 4.69) is 5.32 Å². The molecule has 1 saturated heterocycles. The summed E-state index contributed by atoms with van der Waals surface area (Å²) in [5.41, 5.74) is 1.11. The molecule has 1 aliphatic heterocycles. The van der Waals surface area contributed by atoms with Crippen LogP contribution in [0.4, 0.5) is 0 Å². The molecule has 6 atom stereocenters. The molecule has 0 aliphatic carbocycles. The number of amides is 1. The second kappa shape index (κ2) is 10.6. The van der Waals surface area contributed by atoms with Gasteiger partial charge >= 0.3 is 0 Å². The van der Waals surface area contributed by atoms with Crippen molar-refractivity contribution in [2.45, 2.75) is 43.4 Å². The lowest BCUT2D eigenvalue weighted by Gasteiger charge is -2.38. The van der Waals surface area contributed by atoms with E-state index in [1.54, 1.807) is 24.3 Å². The number of carbonyl (C=O) groups is 2. The molecule has 1 amide bonds. The zero-order chi connectivity index (χ0) is 23.3. The molecular formula is C22H24NO9-. The Bertz CT molecular complexity index is 905. The normalized spacial score (nSPS) is 26.3. The van der Waals surface area contributed by atoms with Gasteiger partial charge in [0.15, 0.2) is 12.5 Å². The van der Waals surface area contributed by atoms with Crippen LogP contribution in [0.3, 0.4) is 0 Å². The number of hydrogen-bond donors (Lipinski definition) is 5. The van der Waals surface area contributed by atoms with Crippen LogP contribution < -0.4 is 10.4 Å². The zero-order valence-corrected chi connectivity index (χ0v) is 16.9. The van der Waals surface area contributed by atoms with Gasteiger partial charge in [-0.05, 0) is 11.1 Å². The van der Waals surface area contributed by atoms with Crippen LogP contribution in [0.1, 0.15) is 27.7 Å². The number of carboxylic acid groups (broad SMARTS) is 1. The van der Waals surface area contributed by atoms with E-state index in [-0.39, 0.29) is 24.5 Å². The molecule has 0 aromatic heterocycles. The molecule has 0 radical (unpaired) electrons. The van der Waals surface area contributed by atoms with Crippen molar-refractivity contribution in [3.8, 4) is 0 Å². The Morgan fingerprint density at radius 1 is 0.969 bits per heavy atom. The number of hydrogen-bond acceptors (Lipinski definition) is 9. The molecule has 0 saturated carbocycles. The van der Waals surface area contributed by atoms with Gasteiger partial charge in [-0.1, -0.05) is 54.6 Å². The lowest BCUT2D eigenvalue weighted by atomic mass is 9.99. The van der Waals surface area contributed by atoms with E-state index >= 15 is 0 Å². The lowest BCUT2D eigenvalue weighted by molar-refractivity contribution is -0.290. The summed E-state index contributed by atoms with van der Waals surface area (Å²) in [5, 5.41) is 52.9. The maximum Gasteiger partial charge on any atom is 0.226 e. The third-order valence-corrected chi connectivity index (χ3v) is 5.06. The van der Waals surface area contributed by atoms with Crippen LogP contribution in [0.25, 0.3) is 0 Å². The lowest BCUT2D eigenvalue weighted by Crippen LogP contribution is -2.58. The maximum absolute atomic E-state index is 12.5. The first kappa shape index (κ1) is 23.8. The molecule has 5 N–H and O–H groups in total. The first-order valence-electron chi connectivity index (χ1n) is 9.90. The molecule has 2 aromatic carbocycles. The summed E-state index contributed by atoms with van der Waals surface area (Å²) in [7, 11) is 0. The van der Waals surface area contributed by atoms with Gasteiger partial charge in [-0.15, -0.1) is 0 Å². The number of carbonyl (C=O) groups excluding carboxylic acids is 2. The fourth-order valence-electron chi connectivity index (χ4n) is 3.25. The number of benzene rings is 2. The van der Waals surface area contributed by atoms with Crippen LogP contribution in [0.5, 0.6) is 0 Å². The molecule has 0 bridgehead atoms. The van der Waals surface area contributed by atoms with Gasteiger partial charge in [0.25, 0.3) is 0 Å². The van der Waals surface area contributed by atoms with Crippen molar-refractivity contribution >= 4 is 11.9 Å². The van der Waals surface area contributed by atoms with E-state index in [1.165, 1.54) is 24.3 Å². The highest BCUT2D eigenvalue weighted by Crippen LogP contribution is 2.23. The topological polar surface area (TPSA) is 169 Å². The first-order chi connectivity index (χ1) is 15.3. The molecule has 10 heteroatoms. The summed E-state index contributed by atoms with van der Waals surface area (Å²) in [6.45, 7) is -0.361. The Hall–Kier alpha value is -2.86. The highest BCUT2D eigenvalue weighted by molar-refractivity contribution is 5.85. The van der Waals surface area contributed by atoms with Gasteiger partial charge in [0.2, 0.25) is 5.91 Å². The summed E-state index contributed by atoms with van der Waals surface area (Å²) in [6.07, 6.45) is -8.80. The quantitative estimate of drug-likeness (QED) is 0.294. The van der Waals surface area contributed by atoms with E-state index in [0.29, 0.717) is 5.56 Å². The van der Waals surface area contributed by atoms with Gasteiger partial charge in [0.05, 0.1) is 19.0 Å². The Kier molecular flexibility index (Phi) is 7.91. The van der Waals surface area contributed by atoms with Crippen LogP contribution >= 0.6 is 0 Å². The van der Waals surface area contributed by atoms with Crippen LogP contribution in [-0.2, 0) is 20.7 Å². The SMILES string of the molecule is O=C(Cc1ccccc1)NC(OCC1OC(O)C(O)C(O)C1O)c1ccc(C(=O)[O-])cc1. The number of rotatable bonds is 8. The van der Waals surface area contributed by atoms with Crippen molar-refractivity contribution in [2.75, 3.05) is 6.61 Å². The third-order valence-electron chi connectivity index (χ3n) is 5.06. The van der Waals surface area contributed by atoms with Gasteiger partial charge < -0.3 is 45.1 Å². The van der Waals surface area contributed by atoms with Crippen LogP contribution in [0.15, 0.2) is 54.6 Å². The van der Waals surface area contributed by atoms with Crippen molar-refractivity contribution in [1.82, 2.24) is 5.32 Å². The van der Waals surface area contributed by atoms with Gasteiger partial charge in [0.1, 0.15) is 24.4 Å². The summed E-state index contributed by atoms with van der Waals surface area (Å²) in [5.74, 6) is -1.74. The fourth-order valence-corrected chi connectivity index (χ4v) is 3.25. The van der Waals surface area contributed by atoms with Crippen molar-refractivity contribution < 1.29 is 44.6 Å². The molecule has 0 spiro atoms. The van der Waals surface area contributed by atoms with Crippen LogP contribution in [-0.4, -0.2) is 69.6 Å². The van der Waals surface area contributed by atoms with Gasteiger partial charge in [-0.3, -0.25) is 4.79 Å². The van der Waals surface area contributed by atoms with Crippen molar-refractivity contribution in [1.29, 1.82) is 0 Å². The van der Waals surface area contributed by atoms with Gasteiger partial charge in [0, 0.05) is 5.56 Å². The maximum atomic E-state index is 12.5. The van der Waals surface area contributed by atoms with Crippen LogP contribution in [0.2, 0.25) is 0 Å². The number of aliphatic hydroxyl groups excluding tert-OH is 4. The Labute approximate surface area is 183 Å². The minimum absolute atomic E-state index is 0.0595. The minimum atomic E-state index is -1.73. The summed E-state index contributed by atoms with van der Waals surface area (Å²) < 4.78 is 10.8. The van der Waals surface area contributed by atoms with Gasteiger partial charge in [-0.2, -0.15) is 0 Å². The first-order valence-corrected chi connectivity index (χ1v) is 9.90. The van der Waals surface area contributed by atoms with Gasteiger partial charge in [-0.25, -0.2) is 0 Å². The largest absolute Gasteiger partial charge is 0.545 e. The number of aromatic carboxylic acids is 1. The second-order valence-electron chi connectivity index (χ2n) is 7.39. The molecule has 1 fully saturated rings. The number of nitrogens with one attached hydrogen (secondary N) is 1. The molecule has 1 aliphatic rings. The zero-order valence-electron chi connectivity index (χ0n) is 16.9. The van der Waals surface area contributed by atoms with E-state index in [0.717, 1.165) is 5.56 Å². The fraction of sp³-hybridized carbons (Fsp3) is 0.364. The number of aliphatic hydroxyl groups is 4. The molecule has 10 nitrogen and oxygen atoms in total. The molecular weight excluding hydrogens is 422 g/mol. The Morgan fingerprint density at radius 2 is 1.62 bits per heavy atom. The van der Waals surface area contributed by atoms with Crippen LogP contribution in [0, 0.1) is 0 Å². The van der Waals surface area contributed by atoms with E-state index < -0.39 is 42.9 Å². The average molecular weight is 446 g/mol. The highest BCUT2D eigenvalue weighted by Gasteiger charge is 2.43. The predicted octanol–water partition coefficient (Wildman–Crippen LogP) is -1.78. The van der Waals surface area contributed by atoms with Crippen molar-refractivity contribution in [3.63, 3.8) is 0 Å². The van der Waals surface area contributed by atoms with Crippen molar-refractivity contribution in [3.05, 3.63) is 71.3 Å². The number of carboxylic acids is 1. The Balaban J connectivity index is 1.72. The molecule has 6 unspecified atom stereocenters. The summed E-state index contributed by atoms with van der Waals surface area (Å²) in [4.78, 5) is 23.5. The smallest absolute Gasteiger partial charge is 0.226 e. The monoisotopic (exact) mass is 446 g/mol. The minimum Gasteiger partial charge on any atom is -0.545 e. The number of ether oxygens (including phenoxy) is 2. The summed E-state index contributed by atoms with van der Waals surface area (Å²) in [6, 6.07) is 14.4. The highest BCUT2D eigenvalue weighted by atomic mass is 16.6. The Morgan fingerprint density at radius 3 is 2.25 bits per heavy atom. The summed E-state index contributed by atoms with van der Waals surface area (Å²) >= 11 is 0. The average Bonchev–Trinajstić information content (AvgIpc) is 2.79. The molecule has 2 aromatic rings. The van der Waals surface area contributed by atoms with Crippen molar-refractivity contribution in [2.24, 2.45) is 0 Å². The van der Waals surface area contributed by atoms with E-state index in [1.807, 2.05) is 6.07 Å². The molecule has 172 valence electrons. The molecule has 32 heavy (non-hydrogen) atoms. The standard InChI is InChI=1S/C22H25NO9/c24-16(10-12-4-2-1-3-5-12)23-20(13-6-8-14(9-7-13)21(28)29)31-11-15-17(25)18(26)19(27)22(30)32-15/h1-9,15,17-20,22,25-27,30H,10-11H2,(H,23,24)(H,28,29)/p-1.